The molecule has 0 bridgehead atoms. The highest BCUT2D eigenvalue weighted by molar-refractivity contribution is 5.95. The van der Waals surface area contributed by atoms with E-state index in [0.717, 1.165) is 23.5 Å². The summed E-state index contributed by atoms with van der Waals surface area (Å²) in [7, 11) is 1.82. The van der Waals surface area contributed by atoms with Crippen LogP contribution in [0.2, 0.25) is 0 Å². The number of nitrogens with one attached hydrogen (secondary N) is 1. The summed E-state index contributed by atoms with van der Waals surface area (Å²) in [6, 6.07) is 7.21. The van der Waals surface area contributed by atoms with Gasteiger partial charge in [-0.2, -0.15) is 5.10 Å². The van der Waals surface area contributed by atoms with Crippen molar-refractivity contribution in [2.24, 2.45) is 7.05 Å². The van der Waals surface area contributed by atoms with E-state index in [2.05, 4.69) is 10.4 Å². The Labute approximate surface area is 111 Å². The van der Waals surface area contributed by atoms with E-state index >= 15 is 0 Å². The third-order valence-electron chi connectivity index (χ3n) is 2.99. The highest BCUT2D eigenvalue weighted by Crippen LogP contribution is 2.23. The summed E-state index contributed by atoms with van der Waals surface area (Å²) in [5.41, 5.74) is 2.82. The van der Waals surface area contributed by atoms with Crippen LogP contribution in [-0.2, 0) is 13.5 Å². The van der Waals surface area contributed by atoms with Gasteiger partial charge in [-0.05, 0) is 31.0 Å². The number of hydrogen-bond acceptors (Lipinski definition) is 3. The normalized spacial score (nSPS) is 10.5. The first-order chi connectivity index (χ1) is 9.01. The number of aromatic nitrogens is 2. The molecule has 19 heavy (non-hydrogen) atoms. The minimum Gasteiger partial charge on any atom is -0.478 e. The second-order valence-electron chi connectivity index (χ2n) is 4.46. The standard InChI is InChI=1S/C14H17N3O2/c1-4-10-5-6-11(14(18)19)12(8-10)15-13-7-9(2)16-17(13)3/h5-8,15H,4H2,1-3H3,(H,18,19). The molecule has 0 saturated carbocycles. The van der Waals surface area contributed by atoms with Crippen LogP contribution in [0.3, 0.4) is 0 Å². The first kappa shape index (κ1) is 13.1. The van der Waals surface area contributed by atoms with Crippen molar-refractivity contribution in [3.05, 3.63) is 41.1 Å². The number of anilines is 2. The van der Waals surface area contributed by atoms with Crippen LogP contribution in [0.25, 0.3) is 0 Å². The van der Waals surface area contributed by atoms with E-state index in [1.54, 1.807) is 10.7 Å². The molecule has 0 aliphatic heterocycles. The number of rotatable bonds is 4. The van der Waals surface area contributed by atoms with Crippen molar-refractivity contribution in [1.29, 1.82) is 0 Å². The van der Waals surface area contributed by atoms with E-state index in [1.165, 1.54) is 0 Å². The van der Waals surface area contributed by atoms with Gasteiger partial charge >= 0.3 is 5.97 Å². The van der Waals surface area contributed by atoms with Gasteiger partial charge in [0.15, 0.2) is 0 Å². The van der Waals surface area contributed by atoms with E-state index in [1.807, 2.05) is 39.1 Å². The Morgan fingerprint density at radius 2 is 2.16 bits per heavy atom. The summed E-state index contributed by atoms with van der Waals surface area (Å²) in [6.45, 7) is 3.93. The number of hydrogen-bond donors (Lipinski definition) is 2. The molecule has 0 atom stereocenters. The van der Waals surface area contributed by atoms with Crippen LogP contribution < -0.4 is 5.32 Å². The summed E-state index contributed by atoms with van der Waals surface area (Å²) in [5, 5.41) is 16.6. The van der Waals surface area contributed by atoms with Gasteiger partial charge in [-0.1, -0.05) is 13.0 Å². The lowest BCUT2D eigenvalue weighted by atomic mass is 10.1. The van der Waals surface area contributed by atoms with E-state index in [-0.39, 0.29) is 5.56 Å². The monoisotopic (exact) mass is 259 g/mol. The molecular formula is C14H17N3O2. The van der Waals surface area contributed by atoms with Gasteiger partial charge in [0.1, 0.15) is 5.82 Å². The third kappa shape index (κ3) is 2.76. The maximum Gasteiger partial charge on any atom is 0.337 e. The number of carboxylic acid groups (broad SMARTS) is 1. The van der Waals surface area contributed by atoms with Crippen LogP contribution in [0.5, 0.6) is 0 Å². The van der Waals surface area contributed by atoms with Gasteiger partial charge in [0.05, 0.1) is 16.9 Å². The van der Waals surface area contributed by atoms with Crippen LogP contribution in [0.4, 0.5) is 11.5 Å². The van der Waals surface area contributed by atoms with Crippen LogP contribution in [-0.4, -0.2) is 20.9 Å². The fourth-order valence-electron chi connectivity index (χ4n) is 1.97. The molecule has 0 unspecified atom stereocenters. The van der Waals surface area contributed by atoms with Crippen molar-refractivity contribution in [2.75, 3.05) is 5.32 Å². The Balaban J connectivity index is 2.42. The van der Waals surface area contributed by atoms with Gasteiger partial charge in [0.25, 0.3) is 0 Å². The Kier molecular flexibility index (Phi) is 3.55. The molecule has 0 aliphatic rings. The van der Waals surface area contributed by atoms with Crippen molar-refractivity contribution < 1.29 is 9.90 Å². The number of carbonyl (C=O) groups is 1. The van der Waals surface area contributed by atoms with Gasteiger partial charge in [0.2, 0.25) is 0 Å². The molecule has 2 aromatic rings. The van der Waals surface area contributed by atoms with Gasteiger partial charge in [0, 0.05) is 13.1 Å². The maximum atomic E-state index is 11.2. The molecule has 2 rings (SSSR count). The zero-order valence-electron chi connectivity index (χ0n) is 11.3. The van der Waals surface area contributed by atoms with Crippen molar-refractivity contribution >= 4 is 17.5 Å². The molecule has 1 heterocycles. The van der Waals surface area contributed by atoms with E-state index in [0.29, 0.717) is 5.69 Å². The smallest absolute Gasteiger partial charge is 0.337 e. The molecule has 1 aromatic carbocycles. The summed E-state index contributed by atoms with van der Waals surface area (Å²) in [4.78, 5) is 11.2. The molecule has 5 nitrogen and oxygen atoms in total. The fourth-order valence-corrected chi connectivity index (χ4v) is 1.97. The second kappa shape index (κ2) is 5.14. The molecule has 0 radical (unpaired) electrons. The van der Waals surface area contributed by atoms with Gasteiger partial charge in [-0.3, -0.25) is 4.68 Å². The Hall–Kier alpha value is -2.30. The minimum atomic E-state index is -0.941. The lowest BCUT2D eigenvalue weighted by molar-refractivity contribution is 0.0698. The molecule has 0 amide bonds. The number of benzene rings is 1. The van der Waals surface area contributed by atoms with Crippen molar-refractivity contribution in [3.8, 4) is 0 Å². The Morgan fingerprint density at radius 3 is 2.68 bits per heavy atom. The summed E-state index contributed by atoms with van der Waals surface area (Å²) in [5.74, 6) is -0.169. The van der Waals surface area contributed by atoms with Crippen LogP contribution in [0.1, 0.15) is 28.5 Å². The number of aromatic carboxylic acids is 1. The molecule has 100 valence electrons. The molecule has 0 aliphatic carbocycles. The van der Waals surface area contributed by atoms with Crippen LogP contribution in [0, 0.1) is 6.92 Å². The van der Waals surface area contributed by atoms with Crippen LogP contribution in [0.15, 0.2) is 24.3 Å². The SMILES string of the molecule is CCc1ccc(C(=O)O)c(Nc2cc(C)nn2C)c1. The summed E-state index contributed by atoms with van der Waals surface area (Å²) < 4.78 is 1.69. The molecule has 2 N–H and O–H groups in total. The zero-order chi connectivity index (χ0) is 14.0. The Bertz CT molecular complexity index is 617. The van der Waals surface area contributed by atoms with Crippen molar-refractivity contribution in [3.63, 3.8) is 0 Å². The lowest BCUT2D eigenvalue weighted by Gasteiger charge is -2.11. The summed E-state index contributed by atoms with van der Waals surface area (Å²) in [6.07, 6.45) is 0.860. The van der Waals surface area contributed by atoms with Crippen LogP contribution >= 0.6 is 0 Å². The van der Waals surface area contributed by atoms with Crippen molar-refractivity contribution in [1.82, 2.24) is 9.78 Å². The predicted molar refractivity (Wildman–Crippen MR) is 74.0 cm³/mol. The Morgan fingerprint density at radius 1 is 1.42 bits per heavy atom. The maximum absolute atomic E-state index is 11.2. The number of aryl methyl sites for hydroxylation is 3. The zero-order valence-corrected chi connectivity index (χ0v) is 11.3. The first-order valence-corrected chi connectivity index (χ1v) is 6.15. The number of carboxylic acids is 1. The molecule has 0 fully saturated rings. The van der Waals surface area contributed by atoms with Gasteiger partial charge < -0.3 is 10.4 Å². The fraction of sp³-hybridized carbons (Fsp3) is 0.286. The molecule has 0 spiro atoms. The van der Waals surface area contributed by atoms with Crippen molar-refractivity contribution in [2.45, 2.75) is 20.3 Å². The average molecular weight is 259 g/mol. The van der Waals surface area contributed by atoms with Gasteiger partial charge in [-0.25, -0.2) is 4.79 Å². The second-order valence-corrected chi connectivity index (χ2v) is 4.46. The van der Waals surface area contributed by atoms with Gasteiger partial charge in [-0.15, -0.1) is 0 Å². The van der Waals surface area contributed by atoms with E-state index < -0.39 is 5.97 Å². The summed E-state index contributed by atoms with van der Waals surface area (Å²) >= 11 is 0. The minimum absolute atomic E-state index is 0.260. The highest BCUT2D eigenvalue weighted by atomic mass is 16.4. The topological polar surface area (TPSA) is 67.2 Å². The molecular weight excluding hydrogens is 242 g/mol. The first-order valence-electron chi connectivity index (χ1n) is 6.15. The number of nitrogens with zero attached hydrogens (tertiary/aromatic N) is 2. The third-order valence-corrected chi connectivity index (χ3v) is 2.99. The van der Waals surface area contributed by atoms with E-state index in [9.17, 15) is 9.90 Å². The average Bonchev–Trinajstić information content (AvgIpc) is 2.67. The largest absolute Gasteiger partial charge is 0.478 e. The molecule has 1 aromatic heterocycles. The molecule has 0 saturated heterocycles. The molecule has 5 heteroatoms. The highest BCUT2D eigenvalue weighted by Gasteiger charge is 2.12. The predicted octanol–water partition coefficient (Wildman–Crippen LogP) is 2.73. The van der Waals surface area contributed by atoms with E-state index in [4.69, 9.17) is 0 Å². The lowest BCUT2D eigenvalue weighted by Crippen LogP contribution is -2.06. The quantitative estimate of drug-likeness (QED) is 0.886.